The second-order valence-corrected chi connectivity index (χ2v) is 12.7. The summed E-state index contributed by atoms with van der Waals surface area (Å²) in [4.78, 5) is 29.3. The third-order valence-electron chi connectivity index (χ3n) is 7.32. The van der Waals surface area contributed by atoms with E-state index in [1.165, 1.54) is 24.1 Å². The Morgan fingerprint density at radius 1 is 0.886 bits per heavy atom. The van der Waals surface area contributed by atoms with E-state index < -0.39 is 28.5 Å². The molecule has 0 heterocycles. The predicted octanol–water partition coefficient (Wildman–Crippen LogP) is 5.55. The molecule has 1 atom stereocenters. The van der Waals surface area contributed by atoms with Crippen LogP contribution in [0.3, 0.4) is 0 Å². The number of likely N-dealkylation sites (N-methyl/N-ethyl adjacent to an activating group) is 1. The van der Waals surface area contributed by atoms with Crippen LogP contribution in [0, 0.1) is 13.8 Å². The highest BCUT2D eigenvalue weighted by molar-refractivity contribution is 7.92. The van der Waals surface area contributed by atoms with Gasteiger partial charge in [0.2, 0.25) is 11.8 Å². The van der Waals surface area contributed by atoms with E-state index in [2.05, 4.69) is 5.32 Å². The first-order valence-corrected chi connectivity index (χ1v) is 15.9. The maximum Gasteiger partial charge on any atom is 0.264 e. The Hall–Kier alpha value is -4.34. The average molecular weight is 634 g/mol. The summed E-state index contributed by atoms with van der Waals surface area (Å²) < 4.78 is 34.8. The zero-order chi connectivity index (χ0) is 31.9. The molecule has 44 heavy (non-hydrogen) atoms. The first kappa shape index (κ1) is 32.6. The van der Waals surface area contributed by atoms with Crippen LogP contribution in [0.15, 0.2) is 102 Å². The van der Waals surface area contributed by atoms with Gasteiger partial charge in [0.15, 0.2) is 0 Å². The number of benzene rings is 4. The van der Waals surface area contributed by atoms with E-state index >= 15 is 0 Å². The van der Waals surface area contributed by atoms with E-state index in [0.717, 1.165) is 21.0 Å². The number of halogens is 1. The number of rotatable bonds is 12. The van der Waals surface area contributed by atoms with E-state index in [9.17, 15) is 18.0 Å². The van der Waals surface area contributed by atoms with Gasteiger partial charge in [0, 0.05) is 25.0 Å². The maximum atomic E-state index is 14.4. The molecule has 0 saturated heterocycles. The maximum absolute atomic E-state index is 14.4. The first-order chi connectivity index (χ1) is 21.0. The largest absolute Gasteiger partial charge is 0.497 e. The fraction of sp³-hybridized carbons (Fsp3) is 0.235. The fourth-order valence-corrected chi connectivity index (χ4v) is 6.64. The minimum Gasteiger partial charge on any atom is -0.497 e. The van der Waals surface area contributed by atoms with Gasteiger partial charge in [0.25, 0.3) is 10.0 Å². The van der Waals surface area contributed by atoms with Crippen molar-refractivity contribution in [3.63, 3.8) is 0 Å². The minimum atomic E-state index is -4.21. The Bertz CT molecular complexity index is 1710. The number of ether oxygens (including phenoxy) is 1. The van der Waals surface area contributed by atoms with Crippen LogP contribution in [-0.2, 0) is 32.6 Å². The van der Waals surface area contributed by atoms with Crippen molar-refractivity contribution < 1.29 is 22.7 Å². The lowest BCUT2D eigenvalue weighted by molar-refractivity contribution is -0.139. The molecular weight excluding hydrogens is 598 g/mol. The number of carbonyl (C=O) groups excluding carboxylic acids is 2. The van der Waals surface area contributed by atoms with Gasteiger partial charge in [-0.3, -0.25) is 13.9 Å². The van der Waals surface area contributed by atoms with Gasteiger partial charge in [-0.05, 0) is 73.0 Å². The summed E-state index contributed by atoms with van der Waals surface area (Å²) in [7, 11) is -1.14. The van der Waals surface area contributed by atoms with Crippen molar-refractivity contribution in [3.8, 4) is 5.75 Å². The van der Waals surface area contributed by atoms with E-state index in [1.54, 1.807) is 62.6 Å². The standard InChI is InChI=1S/C34H36ClN3O5S/c1-24-13-16-30(17-14-24)44(41,42)38(31-18-15-28(35)19-25(31)2)23-33(39)37(22-27-11-8-12-29(20-27)43-4)32(34(40)36-3)21-26-9-6-5-7-10-26/h5-20,32H,21-23H2,1-4H3,(H,36,40)/t32-/m0/s1. The Morgan fingerprint density at radius 3 is 2.20 bits per heavy atom. The lowest BCUT2D eigenvalue weighted by atomic mass is 10.0. The smallest absolute Gasteiger partial charge is 0.264 e. The Kier molecular flexibility index (Phi) is 10.7. The normalized spacial score (nSPS) is 11.8. The van der Waals surface area contributed by atoms with Gasteiger partial charge >= 0.3 is 0 Å². The predicted molar refractivity (Wildman–Crippen MR) is 173 cm³/mol. The number of nitrogens with one attached hydrogen (secondary N) is 1. The topological polar surface area (TPSA) is 96.0 Å². The minimum absolute atomic E-state index is 0.0386. The first-order valence-electron chi connectivity index (χ1n) is 14.1. The molecule has 0 spiro atoms. The van der Waals surface area contributed by atoms with Gasteiger partial charge in [-0.15, -0.1) is 0 Å². The molecule has 0 aliphatic carbocycles. The molecule has 4 aromatic rings. The molecular formula is C34H36ClN3O5S. The second-order valence-electron chi connectivity index (χ2n) is 10.4. The summed E-state index contributed by atoms with van der Waals surface area (Å²) in [5.41, 5.74) is 3.35. The van der Waals surface area contributed by atoms with Crippen molar-refractivity contribution in [2.24, 2.45) is 0 Å². The average Bonchev–Trinajstić information content (AvgIpc) is 3.02. The fourth-order valence-electron chi connectivity index (χ4n) is 4.94. The molecule has 8 nitrogen and oxygen atoms in total. The summed E-state index contributed by atoms with van der Waals surface area (Å²) in [6, 6.07) is 26.9. The molecule has 0 aromatic heterocycles. The quantitative estimate of drug-likeness (QED) is 0.221. The molecule has 2 amide bonds. The van der Waals surface area contributed by atoms with E-state index in [1.807, 2.05) is 43.3 Å². The van der Waals surface area contributed by atoms with E-state index in [0.29, 0.717) is 22.0 Å². The molecule has 230 valence electrons. The Labute approximate surface area is 264 Å². The number of carbonyl (C=O) groups is 2. The number of hydrogen-bond acceptors (Lipinski definition) is 5. The van der Waals surface area contributed by atoms with Crippen LogP contribution in [-0.4, -0.2) is 51.9 Å². The highest BCUT2D eigenvalue weighted by Gasteiger charge is 2.34. The Morgan fingerprint density at radius 2 is 1.57 bits per heavy atom. The number of amides is 2. The molecule has 4 rings (SSSR count). The monoisotopic (exact) mass is 633 g/mol. The lowest BCUT2D eigenvalue weighted by Crippen LogP contribution is -2.53. The molecule has 0 aliphatic rings. The zero-order valence-corrected chi connectivity index (χ0v) is 26.7. The molecule has 1 N–H and O–H groups in total. The molecule has 0 fully saturated rings. The number of nitrogens with zero attached hydrogens (tertiary/aromatic N) is 2. The highest BCUT2D eigenvalue weighted by Crippen LogP contribution is 2.30. The number of sulfonamides is 1. The van der Waals surface area contributed by atoms with Gasteiger partial charge in [0.05, 0.1) is 17.7 Å². The van der Waals surface area contributed by atoms with Gasteiger partial charge in [-0.25, -0.2) is 8.42 Å². The molecule has 4 aromatic carbocycles. The van der Waals surface area contributed by atoms with Crippen molar-refractivity contribution in [2.75, 3.05) is 25.0 Å². The van der Waals surface area contributed by atoms with Gasteiger partial charge in [-0.2, -0.15) is 0 Å². The summed E-state index contributed by atoms with van der Waals surface area (Å²) in [5, 5.41) is 3.12. The Balaban J connectivity index is 1.82. The van der Waals surface area contributed by atoms with Crippen LogP contribution < -0.4 is 14.4 Å². The molecule has 0 radical (unpaired) electrons. The number of hydrogen-bond donors (Lipinski definition) is 1. The third-order valence-corrected chi connectivity index (χ3v) is 9.33. The summed E-state index contributed by atoms with van der Waals surface area (Å²) in [6.07, 6.45) is 0.223. The van der Waals surface area contributed by atoms with Crippen LogP contribution in [0.2, 0.25) is 5.02 Å². The molecule has 10 heteroatoms. The summed E-state index contributed by atoms with van der Waals surface area (Å²) in [5.74, 6) is -0.335. The highest BCUT2D eigenvalue weighted by atomic mass is 35.5. The lowest BCUT2D eigenvalue weighted by Gasteiger charge is -2.34. The van der Waals surface area contributed by atoms with Crippen molar-refractivity contribution >= 4 is 39.1 Å². The zero-order valence-electron chi connectivity index (χ0n) is 25.2. The van der Waals surface area contributed by atoms with Gasteiger partial charge in [0.1, 0.15) is 18.3 Å². The van der Waals surface area contributed by atoms with Crippen molar-refractivity contribution in [1.29, 1.82) is 0 Å². The number of anilines is 1. The summed E-state index contributed by atoms with van der Waals surface area (Å²) >= 11 is 6.21. The van der Waals surface area contributed by atoms with Crippen LogP contribution >= 0.6 is 11.6 Å². The van der Waals surface area contributed by atoms with Crippen molar-refractivity contribution in [3.05, 3.63) is 124 Å². The van der Waals surface area contributed by atoms with E-state index in [4.69, 9.17) is 16.3 Å². The summed E-state index contributed by atoms with van der Waals surface area (Å²) in [6.45, 7) is 3.09. The second kappa shape index (κ2) is 14.4. The van der Waals surface area contributed by atoms with Crippen molar-refractivity contribution in [2.45, 2.75) is 37.8 Å². The molecule has 0 saturated carbocycles. The van der Waals surface area contributed by atoms with Crippen molar-refractivity contribution in [1.82, 2.24) is 10.2 Å². The van der Waals surface area contributed by atoms with Crippen LogP contribution in [0.1, 0.15) is 22.3 Å². The van der Waals surface area contributed by atoms with Gasteiger partial charge in [-0.1, -0.05) is 71.8 Å². The van der Waals surface area contributed by atoms with E-state index in [-0.39, 0.29) is 23.8 Å². The number of methoxy groups -OCH3 is 1. The van der Waals surface area contributed by atoms with Gasteiger partial charge < -0.3 is 15.0 Å². The molecule has 0 aliphatic heterocycles. The van der Waals surface area contributed by atoms with Crippen LogP contribution in [0.25, 0.3) is 0 Å². The third kappa shape index (κ3) is 7.78. The molecule has 0 unspecified atom stereocenters. The SMILES string of the molecule is CNC(=O)[C@H](Cc1ccccc1)N(Cc1cccc(OC)c1)C(=O)CN(c1ccc(Cl)cc1C)S(=O)(=O)c1ccc(C)cc1. The number of aryl methyl sites for hydroxylation is 2. The van der Waals surface area contributed by atoms with Crippen LogP contribution in [0.4, 0.5) is 5.69 Å². The molecule has 0 bridgehead atoms. The van der Waals surface area contributed by atoms with Crippen LogP contribution in [0.5, 0.6) is 5.75 Å².